The van der Waals surface area contributed by atoms with Gasteiger partial charge in [-0.25, -0.2) is 4.79 Å². The van der Waals surface area contributed by atoms with Gasteiger partial charge in [0.05, 0.1) is 19.2 Å². The van der Waals surface area contributed by atoms with Gasteiger partial charge in [0, 0.05) is 23.3 Å². The summed E-state index contributed by atoms with van der Waals surface area (Å²) in [4.78, 5) is 16.1. The van der Waals surface area contributed by atoms with Crippen molar-refractivity contribution in [3.05, 3.63) is 60.8 Å². The van der Waals surface area contributed by atoms with Crippen LogP contribution in [0.25, 0.3) is 10.9 Å². The summed E-state index contributed by atoms with van der Waals surface area (Å²) in [7, 11) is 1.59. The molecule has 0 aliphatic carbocycles. The molecule has 6 nitrogen and oxygen atoms in total. The van der Waals surface area contributed by atoms with E-state index in [-0.39, 0.29) is 19.2 Å². The van der Waals surface area contributed by atoms with E-state index in [1.165, 1.54) is 0 Å². The fourth-order valence-corrected chi connectivity index (χ4v) is 2.34. The summed E-state index contributed by atoms with van der Waals surface area (Å²) in [6.45, 7) is 0.463. The SMILES string of the molecule is COc1ccc(NC(=O)NCC#CCOc2ccc3cccnc3c2)cc1. The molecule has 3 rings (SSSR count). The topological polar surface area (TPSA) is 72.5 Å². The fraction of sp³-hybridized carbons (Fsp3) is 0.143. The maximum Gasteiger partial charge on any atom is 0.319 e. The standard InChI is InChI=1S/C21H19N3O3/c1-26-18-10-7-17(8-11-18)24-21(25)23-12-2-3-14-27-19-9-6-16-5-4-13-22-20(16)15-19/h4-11,13,15H,12,14H2,1H3,(H2,23,24,25). The summed E-state index contributed by atoms with van der Waals surface area (Å²) in [6, 6.07) is 16.3. The molecule has 1 heterocycles. The van der Waals surface area contributed by atoms with Gasteiger partial charge in [0.1, 0.15) is 18.1 Å². The van der Waals surface area contributed by atoms with Crippen LogP contribution >= 0.6 is 0 Å². The van der Waals surface area contributed by atoms with Crippen molar-refractivity contribution in [1.29, 1.82) is 0 Å². The predicted molar refractivity (Wildman–Crippen MR) is 105 cm³/mol. The van der Waals surface area contributed by atoms with Crippen molar-refractivity contribution in [3.8, 4) is 23.3 Å². The van der Waals surface area contributed by atoms with E-state index in [1.807, 2.05) is 30.3 Å². The smallest absolute Gasteiger partial charge is 0.319 e. The Morgan fingerprint density at radius 2 is 1.89 bits per heavy atom. The fourth-order valence-electron chi connectivity index (χ4n) is 2.34. The maximum atomic E-state index is 11.8. The van der Waals surface area contributed by atoms with E-state index in [0.29, 0.717) is 11.4 Å². The molecule has 0 fully saturated rings. The zero-order chi connectivity index (χ0) is 18.9. The number of fused-ring (bicyclic) bond motifs is 1. The van der Waals surface area contributed by atoms with Crippen LogP contribution in [0.15, 0.2) is 60.8 Å². The molecule has 0 saturated heterocycles. The lowest BCUT2D eigenvalue weighted by Gasteiger charge is -2.06. The average molecular weight is 361 g/mol. The van der Waals surface area contributed by atoms with E-state index in [9.17, 15) is 4.79 Å². The molecule has 136 valence electrons. The van der Waals surface area contributed by atoms with Crippen molar-refractivity contribution in [3.63, 3.8) is 0 Å². The van der Waals surface area contributed by atoms with Crippen LogP contribution in [0.5, 0.6) is 11.5 Å². The minimum absolute atomic E-state index is 0.227. The van der Waals surface area contributed by atoms with Crippen molar-refractivity contribution < 1.29 is 14.3 Å². The van der Waals surface area contributed by atoms with Gasteiger partial charge in [-0.3, -0.25) is 4.98 Å². The number of urea groups is 1. The zero-order valence-corrected chi connectivity index (χ0v) is 14.9. The Labute approximate surface area is 157 Å². The zero-order valence-electron chi connectivity index (χ0n) is 14.9. The van der Waals surface area contributed by atoms with Crippen LogP contribution in [0, 0.1) is 11.8 Å². The molecular formula is C21H19N3O3. The molecule has 1 aromatic heterocycles. The first-order valence-electron chi connectivity index (χ1n) is 8.37. The summed E-state index contributed by atoms with van der Waals surface area (Å²) < 4.78 is 10.7. The molecule has 2 aromatic carbocycles. The lowest BCUT2D eigenvalue weighted by molar-refractivity contribution is 0.253. The number of hydrogen-bond acceptors (Lipinski definition) is 4. The number of benzene rings is 2. The molecule has 0 radical (unpaired) electrons. The third-order valence-corrected chi connectivity index (χ3v) is 3.70. The van der Waals surface area contributed by atoms with Crippen LogP contribution in [0.4, 0.5) is 10.5 Å². The molecule has 0 saturated carbocycles. The van der Waals surface area contributed by atoms with Crippen LogP contribution in [-0.2, 0) is 0 Å². The predicted octanol–water partition coefficient (Wildman–Crippen LogP) is 3.45. The second-order valence-corrected chi connectivity index (χ2v) is 5.54. The highest BCUT2D eigenvalue weighted by atomic mass is 16.5. The van der Waals surface area contributed by atoms with Crippen molar-refractivity contribution >= 4 is 22.6 Å². The van der Waals surface area contributed by atoms with E-state index < -0.39 is 0 Å². The summed E-state index contributed by atoms with van der Waals surface area (Å²) in [5, 5.41) is 6.44. The largest absolute Gasteiger partial charge is 0.497 e. The van der Waals surface area contributed by atoms with E-state index in [1.54, 1.807) is 37.6 Å². The number of carbonyl (C=O) groups excluding carboxylic acids is 1. The number of carbonyl (C=O) groups is 1. The molecule has 2 N–H and O–H groups in total. The number of nitrogens with zero attached hydrogens (tertiary/aromatic N) is 1. The number of ether oxygens (including phenoxy) is 2. The maximum absolute atomic E-state index is 11.8. The Morgan fingerprint density at radius 3 is 2.70 bits per heavy atom. The second kappa shape index (κ2) is 9.11. The molecule has 0 bridgehead atoms. The van der Waals surface area contributed by atoms with Gasteiger partial charge in [0.25, 0.3) is 0 Å². The molecule has 27 heavy (non-hydrogen) atoms. The van der Waals surface area contributed by atoms with Crippen LogP contribution in [0.2, 0.25) is 0 Å². The Balaban J connectivity index is 1.40. The van der Waals surface area contributed by atoms with Gasteiger partial charge in [0.2, 0.25) is 0 Å². The van der Waals surface area contributed by atoms with Crippen molar-refractivity contribution in [2.45, 2.75) is 0 Å². The number of pyridine rings is 1. The molecule has 0 unspecified atom stereocenters. The first-order chi connectivity index (χ1) is 13.2. The second-order valence-electron chi connectivity index (χ2n) is 5.54. The molecule has 0 aliphatic heterocycles. The highest BCUT2D eigenvalue weighted by Crippen LogP contribution is 2.18. The van der Waals surface area contributed by atoms with Gasteiger partial charge in [-0.15, -0.1) is 0 Å². The summed E-state index contributed by atoms with van der Waals surface area (Å²) in [5.74, 6) is 7.15. The average Bonchev–Trinajstić information content (AvgIpc) is 2.71. The highest BCUT2D eigenvalue weighted by Gasteiger charge is 2.00. The van der Waals surface area contributed by atoms with Crippen LogP contribution in [0.3, 0.4) is 0 Å². The highest BCUT2D eigenvalue weighted by molar-refractivity contribution is 5.89. The molecule has 3 aromatic rings. The van der Waals surface area contributed by atoms with Gasteiger partial charge in [-0.2, -0.15) is 0 Å². The number of nitrogens with one attached hydrogen (secondary N) is 2. The number of rotatable bonds is 5. The van der Waals surface area contributed by atoms with Gasteiger partial charge in [-0.1, -0.05) is 17.9 Å². The molecule has 0 spiro atoms. The monoisotopic (exact) mass is 361 g/mol. The number of hydrogen-bond donors (Lipinski definition) is 2. The normalized spacial score (nSPS) is 9.81. The van der Waals surface area contributed by atoms with E-state index in [2.05, 4.69) is 27.5 Å². The summed E-state index contributed by atoms with van der Waals surface area (Å²) in [6.07, 6.45) is 1.74. The van der Waals surface area contributed by atoms with Gasteiger partial charge < -0.3 is 20.1 Å². The van der Waals surface area contributed by atoms with Crippen molar-refractivity contribution in [1.82, 2.24) is 10.3 Å². The lowest BCUT2D eigenvalue weighted by Crippen LogP contribution is -2.28. The summed E-state index contributed by atoms with van der Waals surface area (Å²) in [5.41, 5.74) is 1.55. The number of aromatic nitrogens is 1. The van der Waals surface area contributed by atoms with Crippen molar-refractivity contribution in [2.24, 2.45) is 0 Å². The minimum Gasteiger partial charge on any atom is -0.497 e. The minimum atomic E-state index is -0.323. The van der Waals surface area contributed by atoms with Gasteiger partial charge in [0.15, 0.2) is 0 Å². The van der Waals surface area contributed by atoms with Crippen LogP contribution in [0.1, 0.15) is 0 Å². The first kappa shape index (κ1) is 18.1. The summed E-state index contributed by atoms with van der Waals surface area (Å²) >= 11 is 0. The number of amides is 2. The first-order valence-corrected chi connectivity index (χ1v) is 8.37. The number of methoxy groups -OCH3 is 1. The third kappa shape index (κ3) is 5.38. The van der Waals surface area contributed by atoms with E-state index >= 15 is 0 Å². The van der Waals surface area contributed by atoms with Crippen LogP contribution < -0.4 is 20.1 Å². The third-order valence-electron chi connectivity index (χ3n) is 3.70. The quantitative estimate of drug-likeness (QED) is 0.683. The Morgan fingerprint density at radius 1 is 1.07 bits per heavy atom. The molecular weight excluding hydrogens is 342 g/mol. The molecule has 6 heteroatoms. The van der Waals surface area contributed by atoms with Crippen molar-refractivity contribution in [2.75, 3.05) is 25.6 Å². The Hall–Kier alpha value is -3.72. The van der Waals surface area contributed by atoms with Gasteiger partial charge >= 0.3 is 6.03 Å². The molecule has 2 amide bonds. The number of anilines is 1. The van der Waals surface area contributed by atoms with Gasteiger partial charge in [-0.05, 0) is 42.5 Å². The van der Waals surface area contributed by atoms with E-state index in [0.717, 1.165) is 16.7 Å². The van der Waals surface area contributed by atoms with Crippen LogP contribution in [-0.4, -0.2) is 31.3 Å². The Bertz CT molecular complexity index is 975. The molecule has 0 atom stereocenters. The van der Waals surface area contributed by atoms with E-state index in [4.69, 9.17) is 9.47 Å². The Kier molecular flexibility index (Phi) is 6.10. The lowest BCUT2D eigenvalue weighted by atomic mass is 10.2. The molecule has 0 aliphatic rings.